The second kappa shape index (κ2) is 10.0. The first-order valence-electron chi connectivity index (χ1n) is 11.6. The lowest BCUT2D eigenvalue weighted by Crippen LogP contribution is -2.46. The molecule has 1 aliphatic rings. The van der Waals surface area contributed by atoms with Crippen LogP contribution in [0.3, 0.4) is 0 Å². The Labute approximate surface area is 219 Å². The summed E-state index contributed by atoms with van der Waals surface area (Å²) in [6, 6.07) is 18.8. The molecule has 10 heteroatoms. The number of carbonyl (C=O) groups excluding carboxylic acids is 2. The standard InChI is InChI=1S/C27H24ClN3O5S/c1-36-21-10-8-20(9-11-21)31-26(32)16-25(27(31)33)30(37(34,35)22-12-6-19(28)7-13-22)15-14-18-17-29-24-5-3-2-4-23(18)24/h2-13,17,25,29H,14-16H2,1H3. The van der Waals surface area contributed by atoms with Crippen LogP contribution in [0.25, 0.3) is 10.9 Å². The van der Waals surface area contributed by atoms with Gasteiger partial charge >= 0.3 is 0 Å². The molecule has 0 saturated carbocycles. The maximum Gasteiger partial charge on any atom is 0.252 e. The zero-order valence-electron chi connectivity index (χ0n) is 19.9. The number of aromatic nitrogens is 1. The van der Waals surface area contributed by atoms with E-state index in [0.717, 1.165) is 25.7 Å². The number of rotatable bonds is 8. The first kappa shape index (κ1) is 25.0. The van der Waals surface area contributed by atoms with E-state index >= 15 is 0 Å². The van der Waals surface area contributed by atoms with Gasteiger partial charge in [-0.05, 0) is 66.6 Å². The highest BCUT2D eigenvalue weighted by atomic mass is 35.5. The summed E-state index contributed by atoms with van der Waals surface area (Å²) in [5.41, 5.74) is 2.21. The van der Waals surface area contributed by atoms with Crippen molar-refractivity contribution in [2.45, 2.75) is 23.8 Å². The molecule has 1 saturated heterocycles. The Bertz CT molecular complexity index is 1570. The Morgan fingerprint density at radius 2 is 1.73 bits per heavy atom. The highest BCUT2D eigenvalue weighted by Crippen LogP contribution is 2.31. The summed E-state index contributed by atoms with van der Waals surface area (Å²) < 4.78 is 33.9. The maximum atomic E-state index is 13.8. The van der Waals surface area contributed by atoms with E-state index in [0.29, 0.717) is 22.9 Å². The van der Waals surface area contributed by atoms with Gasteiger partial charge in [0.2, 0.25) is 15.9 Å². The lowest BCUT2D eigenvalue weighted by Gasteiger charge is -2.27. The third-order valence-electron chi connectivity index (χ3n) is 6.50. The fourth-order valence-electron chi connectivity index (χ4n) is 4.60. The van der Waals surface area contributed by atoms with Crippen LogP contribution in [0.5, 0.6) is 5.75 Å². The van der Waals surface area contributed by atoms with Crippen LogP contribution in [-0.2, 0) is 26.0 Å². The molecule has 190 valence electrons. The van der Waals surface area contributed by atoms with E-state index in [4.69, 9.17) is 16.3 Å². The van der Waals surface area contributed by atoms with Gasteiger partial charge in [0.1, 0.15) is 11.8 Å². The number of halogens is 1. The number of ether oxygens (including phenoxy) is 1. The van der Waals surface area contributed by atoms with Gasteiger partial charge in [0.15, 0.2) is 0 Å². The molecule has 0 bridgehead atoms. The number of benzene rings is 3. The van der Waals surface area contributed by atoms with E-state index in [1.165, 1.54) is 31.4 Å². The van der Waals surface area contributed by atoms with Gasteiger partial charge in [0.25, 0.3) is 5.91 Å². The molecule has 37 heavy (non-hydrogen) atoms. The molecule has 8 nitrogen and oxygen atoms in total. The number of carbonyl (C=O) groups is 2. The van der Waals surface area contributed by atoms with Crippen LogP contribution in [-0.4, -0.2) is 49.2 Å². The number of imide groups is 1. The Morgan fingerprint density at radius 3 is 2.43 bits per heavy atom. The first-order chi connectivity index (χ1) is 17.8. The lowest BCUT2D eigenvalue weighted by atomic mass is 10.1. The fourth-order valence-corrected chi connectivity index (χ4v) is 6.31. The Kier molecular flexibility index (Phi) is 6.76. The summed E-state index contributed by atoms with van der Waals surface area (Å²) in [6.45, 7) is 0.00689. The van der Waals surface area contributed by atoms with Gasteiger partial charge in [-0.25, -0.2) is 13.3 Å². The van der Waals surface area contributed by atoms with Crippen molar-refractivity contribution in [2.24, 2.45) is 0 Å². The van der Waals surface area contributed by atoms with E-state index in [1.807, 2.05) is 30.5 Å². The number of para-hydroxylation sites is 1. The van der Waals surface area contributed by atoms with Crippen LogP contribution >= 0.6 is 11.6 Å². The van der Waals surface area contributed by atoms with E-state index in [-0.39, 0.29) is 17.9 Å². The first-order valence-corrected chi connectivity index (χ1v) is 13.4. The minimum atomic E-state index is -4.14. The normalized spacial score (nSPS) is 16.2. The van der Waals surface area contributed by atoms with Crippen molar-refractivity contribution in [3.8, 4) is 5.75 Å². The highest BCUT2D eigenvalue weighted by molar-refractivity contribution is 7.89. The molecule has 1 atom stereocenters. The van der Waals surface area contributed by atoms with E-state index in [9.17, 15) is 18.0 Å². The van der Waals surface area contributed by atoms with Crippen LogP contribution in [0.1, 0.15) is 12.0 Å². The van der Waals surface area contributed by atoms with Crippen molar-refractivity contribution >= 4 is 50.0 Å². The summed E-state index contributed by atoms with van der Waals surface area (Å²) in [5.74, 6) is -0.486. The predicted octanol–water partition coefficient (Wildman–Crippen LogP) is 4.40. The molecule has 1 N–H and O–H groups in total. The molecule has 5 rings (SSSR count). The molecule has 0 radical (unpaired) electrons. The zero-order valence-corrected chi connectivity index (χ0v) is 21.5. The molecular formula is C27H24ClN3O5S. The zero-order chi connectivity index (χ0) is 26.2. The summed E-state index contributed by atoms with van der Waals surface area (Å²) in [7, 11) is -2.62. The van der Waals surface area contributed by atoms with E-state index in [1.54, 1.807) is 24.3 Å². The second-order valence-corrected chi connectivity index (χ2v) is 11.0. The molecule has 3 aromatic carbocycles. The number of amides is 2. The largest absolute Gasteiger partial charge is 0.497 e. The molecule has 4 aromatic rings. The Balaban J connectivity index is 1.50. The number of fused-ring (bicyclic) bond motifs is 1. The number of H-pyrrole nitrogens is 1. The topological polar surface area (TPSA) is 99.8 Å². The van der Waals surface area contributed by atoms with E-state index < -0.39 is 27.9 Å². The summed E-state index contributed by atoms with van der Waals surface area (Å²) in [4.78, 5) is 30.8. The number of sulfonamides is 1. The van der Waals surface area contributed by atoms with Crippen LogP contribution in [0.15, 0.2) is 83.9 Å². The van der Waals surface area contributed by atoms with E-state index in [2.05, 4.69) is 4.98 Å². The summed E-state index contributed by atoms with van der Waals surface area (Å²) in [5, 5.41) is 1.36. The smallest absolute Gasteiger partial charge is 0.252 e. The Hall–Kier alpha value is -3.66. The van der Waals surface area contributed by atoms with Crippen molar-refractivity contribution in [3.63, 3.8) is 0 Å². The van der Waals surface area contributed by atoms with Gasteiger partial charge in [0.05, 0.1) is 24.1 Å². The lowest BCUT2D eigenvalue weighted by molar-refractivity contribution is -0.122. The minimum absolute atomic E-state index is 0.000951. The molecular weight excluding hydrogens is 514 g/mol. The number of anilines is 1. The molecule has 2 amide bonds. The molecule has 1 aromatic heterocycles. The van der Waals surface area contributed by atoms with Crippen molar-refractivity contribution in [3.05, 3.63) is 89.6 Å². The van der Waals surface area contributed by atoms with Gasteiger partial charge in [-0.2, -0.15) is 4.31 Å². The van der Waals surface area contributed by atoms with Gasteiger partial charge in [-0.15, -0.1) is 0 Å². The molecule has 2 heterocycles. The van der Waals surface area contributed by atoms with Crippen LogP contribution < -0.4 is 9.64 Å². The monoisotopic (exact) mass is 537 g/mol. The minimum Gasteiger partial charge on any atom is -0.497 e. The Morgan fingerprint density at radius 1 is 1.03 bits per heavy atom. The van der Waals surface area contributed by atoms with Gasteiger partial charge in [0, 0.05) is 28.7 Å². The van der Waals surface area contributed by atoms with Gasteiger partial charge in [-0.1, -0.05) is 29.8 Å². The quantitative estimate of drug-likeness (QED) is 0.336. The second-order valence-electron chi connectivity index (χ2n) is 8.66. The average molecular weight is 538 g/mol. The van der Waals surface area contributed by atoms with Gasteiger partial charge < -0.3 is 9.72 Å². The van der Waals surface area contributed by atoms with Crippen LogP contribution in [0.4, 0.5) is 5.69 Å². The number of methoxy groups -OCH3 is 1. The number of hydrogen-bond acceptors (Lipinski definition) is 5. The van der Waals surface area contributed by atoms with Crippen molar-refractivity contribution in [1.82, 2.24) is 9.29 Å². The predicted molar refractivity (Wildman–Crippen MR) is 141 cm³/mol. The van der Waals surface area contributed by atoms with Crippen molar-refractivity contribution in [1.29, 1.82) is 0 Å². The number of nitrogens with zero attached hydrogens (tertiary/aromatic N) is 2. The third kappa shape index (κ3) is 4.73. The SMILES string of the molecule is COc1ccc(N2C(=O)CC(N(CCc3c[nH]c4ccccc34)S(=O)(=O)c3ccc(Cl)cc3)C2=O)cc1. The van der Waals surface area contributed by atoms with Crippen LogP contribution in [0.2, 0.25) is 5.02 Å². The molecule has 1 fully saturated rings. The highest BCUT2D eigenvalue weighted by Gasteiger charge is 2.46. The number of aromatic amines is 1. The van der Waals surface area contributed by atoms with Crippen molar-refractivity contribution < 1.29 is 22.7 Å². The summed E-state index contributed by atoms with van der Waals surface area (Å²) in [6.07, 6.45) is 1.92. The molecule has 0 spiro atoms. The molecule has 1 unspecified atom stereocenters. The van der Waals surface area contributed by atoms with Crippen molar-refractivity contribution in [2.75, 3.05) is 18.6 Å². The average Bonchev–Trinajstić information content (AvgIpc) is 3.44. The number of nitrogens with one attached hydrogen (secondary N) is 1. The number of hydrogen-bond donors (Lipinski definition) is 1. The fraction of sp³-hybridized carbons (Fsp3) is 0.185. The molecule has 0 aliphatic carbocycles. The molecule has 1 aliphatic heterocycles. The summed E-state index contributed by atoms with van der Waals surface area (Å²) >= 11 is 5.98. The van der Waals surface area contributed by atoms with Gasteiger partial charge in [-0.3, -0.25) is 9.59 Å². The maximum absolute atomic E-state index is 13.8. The third-order valence-corrected chi connectivity index (χ3v) is 8.67. The van der Waals surface area contributed by atoms with Crippen LogP contribution in [0, 0.1) is 0 Å².